The van der Waals surface area contributed by atoms with Gasteiger partial charge in [-0.3, -0.25) is 14.4 Å². The minimum atomic E-state index is -0.887. The normalized spacial score (nSPS) is 17.0. The Labute approximate surface area is 125 Å². The summed E-state index contributed by atoms with van der Waals surface area (Å²) >= 11 is 0. The SMILES string of the molecule is CB1OC(=O)C(COC(=O)CCC(=O)OC(C)C)O1.CC. The van der Waals surface area contributed by atoms with E-state index in [9.17, 15) is 14.4 Å². The number of carbonyl (C=O) groups is 3. The third kappa shape index (κ3) is 8.34. The van der Waals surface area contributed by atoms with Crippen LogP contribution in [0.1, 0.15) is 40.5 Å². The van der Waals surface area contributed by atoms with Crippen LogP contribution < -0.4 is 0 Å². The fraction of sp³-hybridized carbons (Fsp3) is 0.769. The Bertz CT molecular complexity index is 356. The Morgan fingerprint density at radius 3 is 2.29 bits per heavy atom. The molecule has 0 aliphatic carbocycles. The number of rotatable bonds is 6. The molecule has 120 valence electrons. The molecule has 1 rings (SSSR count). The zero-order valence-electron chi connectivity index (χ0n) is 13.2. The summed E-state index contributed by atoms with van der Waals surface area (Å²) in [6, 6.07) is 0. The van der Waals surface area contributed by atoms with Gasteiger partial charge in [0.15, 0.2) is 6.10 Å². The monoisotopic (exact) mass is 302 g/mol. The van der Waals surface area contributed by atoms with Gasteiger partial charge in [-0.1, -0.05) is 13.8 Å². The van der Waals surface area contributed by atoms with Gasteiger partial charge in [0.2, 0.25) is 0 Å². The fourth-order valence-electron chi connectivity index (χ4n) is 1.43. The van der Waals surface area contributed by atoms with Crippen molar-refractivity contribution in [2.45, 2.75) is 59.6 Å². The van der Waals surface area contributed by atoms with E-state index in [1.54, 1.807) is 20.7 Å². The third-order valence-corrected chi connectivity index (χ3v) is 2.20. The molecule has 1 atom stereocenters. The average Bonchev–Trinajstić information content (AvgIpc) is 2.74. The standard InChI is InChI=1S/C11H17BO7.C2H6/c1-7(2)17-10(14)5-4-9(13)16-6-8-11(15)19-12(3)18-8;1-2/h7-8H,4-6H2,1-3H3;1-2H3. The molecule has 0 spiro atoms. The molecule has 0 aromatic rings. The molecule has 1 saturated heterocycles. The second kappa shape index (κ2) is 10.2. The molecule has 0 radical (unpaired) electrons. The van der Waals surface area contributed by atoms with Crippen molar-refractivity contribution in [3.63, 3.8) is 0 Å². The predicted molar refractivity (Wildman–Crippen MR) is 75.4 cm³/mol. The highest BCUT2D eigenvalue weighted by Gasteiger charge is 2.37. The van der Waals surface area contributed by atoms with Crippen molar-refractivity contribution >= 4 is 25.0 Å². The van der Waals surface area contributed by atoms with Gasteiger partial charge >= 0.3 is 25.0 Å². The van der Waals surface area contributed by atoms with Gasteiger partial charge in [-0.15, -0.1) is 0 Å². The first kappa shape index (κ1) is 19.4. The molecule has 0 aromatic heterocycles. The highest BCUT2D eigenvalue weighted by molar-refractivity contribution is 6.47. The van der Waals surface area contributed by atoms with Crippen LogP contribution in [0.4, 0.5) is 0 Å². The van der Waals surface area contributed by atoms with Crippen molar-refractivity contribution in [1.82, 2.24) is 0 Å². The van der Waals surface area contributed by atoms with Crippen LogP contribution in [0.5, 0.6) is 0 Å². The highest BCUT2D eigenvalue weighted by atomic mass is 16.7. The average molecular weight is 302 g/mol. The van der Waals surface area contributed by atoms with Crippen molar-refractivity contribution in [2.24, 2.45) is 0 Å². The van der Waals surface area contributed by atoms with Gasteiger partial charge in [0.1, 0.15) is 6.61 Å². The van der Waals surface area contributed by atoms with E-state index in [2.05, 4.69) is 0 Å². The Hall–Kier alpha value is -1.57. The van der Waals surface area contributed by atoms with E-state index in [-0.39, 0.29) is 25.6 Å². The largest absolute Gasteiger partial charge is 0.524 e. The van der Waals surface area contributed by atoms with E-state index in [0.29, 0.717) is 0 Å². The maximum absolute atomic E-state index is 11.3. The number of carbonyl (C=O) groups excluding carboxylic acids is 3. The molecule has 0 bridgehead atoms. The van der Waals surface area contributed by atoms with Crippen molar-refractivity contribution < 1.29 is 33.2 Å². The number of hydrogen-bond acceptors (Lipinski definition) is 7. The van der Waals surface area contributed by atoms with E-state index < -0.39 is 31.1 Å². The summed E-state index contributed by atoms with van der Waals surface area (Å²) in [6.45, 7) is 8.81. The first-order chi connectivity index (χ1) is 9.88. The van der Waals surface area contributed by atoms with Gasteiger partial charge in [0.25, 0.3) is 0 Å². The Balaban J connectivity index is 0.00000191. The third-order valence-electron chi connectivity index (χ3n) is 2.20. The summed E-state index contributed by atoms with van der Waals surface area (Å²) in [5.41, 5.74) is 0. The van der Waals surface area contributed by atoms with E-state index >= 15 is 0 Å². The van der Waals surface area contributed by atoms with Crippen molar-refractivity contribution in [3.8, 4) is 0 Å². The van der Waals surface area contributed by atoms with Crippen LogP contribution in [0, 0.1) is 0 Å². The smallest absolute Gasteiger partial charge is 0.508 e. The molecular weight excluding hydrogens is 279 g/mol. The highest BCUT2D eigenvalue weighted by Crippen LogP contribution is 2.10. The fourth-order valence-corrected chi connectivity index (χ4v) is 1.43. The molecular formula is C13H23BO7. The number of hydrogen-bond donors (Lipinski definition) is 0. The minimum Gasteiger partial charge on any atom is -0.508 e. The molecule has 1 fully saturated rings. The summed E-state index contributed by atoms with van der Waals surface area (Å²) in [5.74, 6) is -1.60. The lowest BCUT2D eigenvalue weighted by Gasteiger charge is -2.09. The Morgan fingerprint density at radius 2 is 1.81 bits per heavy atom. The summed E-state index contributed by atoms with van der Waals surface area (Å²) in [7, 11) is -0.628. The second-order valence-electron chi connectivity index (χ2n) is 4.35. The predicted octanol–water partition coefficient (Wildman–Crippen LogP) is 1.35. The summed E-state index contributed by atoms with van der Waals surface area (Å²) < 4.78 is 19.5. The van der Waals surface area contributed by atoms with E-state index in [0.717, 1.165) is 0 Å². The molecule has 7 nitrogen and oxygen atoms in total. The first-order valence-corrected chi connectivity index (χ1v) is 7.09. The van der Waals surface area contributed by atoms with Crippen LogP contribution in [0.25, 0.3) is 0 Å². The van der Waals surface area contributed by atoms with Gasteiger partial charge in [-0.05, 0) is 20.7 Å². The molecule has 0 amide bonds. The quantitative estimate of drug-likeness (QED) is 0.540. The van der Waals surface area contributed by atoms with Crippen LogP contribution in [-0.4, -0.2) is 43.8 Å². The molecule has 21 heavy (non-hydrogen) atoms. The summed E-state index contributed by atoms with van der Waals surface area (Å²) in [5, 5.41) is 0. The van der Waals surface area contributed by atoms with Crippen LogP contribution in [0.15, 0.2) is 0 Å². The lowest BCUT2D eigenvalue weighted by atomic mass is 9.97. The van der Waals surface area contributed by atoms with Crippen molar-refractivity contribution in [1.29, 1.82) is 0 Å². The molecule has 1 aliphatic rings. The van der Waals surface area contributed by atoms with E-state index in [4.69, 9.17) is 18.8 Å². The Morgan fingerprint density at radius 1 is 1.24 bits per heavy atom. The zero-order valence-corrected chi connectivity index (χ0v) is 13.2. The molecule has 8 heteroatoms. The maximum atomic E-state index is 11.3. The van der Waals surface area contributed by atoms with Gasteiger partial charge in [-0.25, -0.2) is 0 Å². The number of esters is 2. The van der Waals surface area contributed by atoms with Crippen molar-refractivity contribution in [2.75, 3.05) is 6.61 Å². The van der Waals surface area contributed by atoms with E-state index in [1.807, 2.05) is 13.8 Å². The van der Waals surface area contributed by atoms with Gasteiger partial charge in [0, 0.05) is 0 Å². The second-order valence-corrected chi connectivity index (χ2v) is 4.35. The molecule has 0 saturated carbocycles. The number of ether oxygens (including phenoxy) is 2. The zero-order chi connectivity index (χ0) is 16.4. The topological polar surface area (TPSA) is 88.1 Å². The van der Waals surface area contributed by atoms with Crippen LogP contribution in [0.2, 0.25) is 6.82 Å². The van der Waals surface area contributed by atoms with Crippen molar-refractivity contribution in [3.05, 3.63) is 0 Å². The van der Waals surface area contributed by atoms with Gasteiger partial charge in [-0.2, -0.15) is 0 Å². The molecule has 0 aromatic carbocycles. The summed E-state index contributed by atoms with van der Waals surface area (Å²) in [4.78, 5) is 33.7. The lowest BCUT2D eigenvalue weighted by molar-refractivity contribution is -0.154. The summed E-state index contributed by atoms with van der Waals surface area (Å²) in [6.07, 6.45) is -1.25. The van der Waals surface area contributed by atoms with Gasteiger partial charge < -0.3 is 18.8 Å². The first-order valence-electron chi connectivity index (χ1n) is 7.09. The molecule has 1 unspecified atom stereocenters. The lowest BCUT2D eigenvalue weighted by Crippen LogP contribution is -2.25. The Kier molecular flexibility index (Phi) is 9.44. The van der Waals surface area contributed by atoms with Crippen LogP contribution in [0.3, 0.4) is 0 Å². The van der Waals surface area contributed by atoms with Crippen LogP contribution in [-0.2, 0) is 33.2 Å². The molecule has 1 heterocycles. The molecule has 1 aliphatic heterocycles. The minimum absolute atomic E-state index is 0.0522. The van der Waals surface area contributed by atoms with E-state index in [1.165, 1.54) is 0 Å². The van der Waals surface area contributed by atoms with Gasteiger partial charge in [0.05, 0.1) is 18.9 Å². The maximum Gasteiger partial charge on any atom is 0.524 e. The van der Waals surface area contributed by atoms with Crippen LogP contribution >= 0.6 is 0 Å². The molecule has 0 N–H and O–H groups in total.